The first kappa shape index (κ1) is 13.1. The fourth-order valence-electron chi connectivity index (χ4n) is 2.12. The van der Waals surface area contributed by atoms with Crippen molar-refractivity contribution in [3.63, 3.8) is 0 Å². The molecule has 2 N–H and O–H groups in total. The molecule has 1 aliphatic heterocycles. The van der Waals surface area contributed by atoms with Crippen molar-refractivity contribution in [1.82, 2.24) is 9.97 Å². The maximum atomic E-state index is 11.7. The number of nitrogens with two attached hydrogens (primary N) is 1. The van der Waals surface area contributed by atoms with E-state index in [1.165, 1.54) is 13.0 Å². The molecule has 1 aromatic heterocycles. The Hall–Kier alpha value is -2.89. The molecule has 0 atom stereocenters. The van der Waals surface area contributed by atoms with Crippen LogP contribution in [-0.2, 0) is 0 Å². The van der Waals surface area contributed by atoms with Crippen molar-refractivity contribution in [2.24, 2.45) is 0 Å². The second kappa shape index (κ2) is 4.90. The van der Waals surface area contributed by atoms with Gasteiger partial charge >= 0.3 is 0 Å². The lowest BCUT2D eigenvalue weighted by atomic mass is 10.1. The van der Waals surface area contributed by atoms with Gasteiger partial charge in [-0.05, 0) is 18.2 Å². The molecule has 0 fully saturated rings. The van der Waals surface area contributed by atoms with Crippen LogP contribution in [0.1, 0.15) is 23.0 Å². The average Bonchev–Trinajstić information content (AvgIpc) is 2.93. The molecule has 0 unspecified atom stereocenters. The summed E-state index contributed by atoms with van der Waals surface area (Å²) in [5.41, 5.74) is 7.29. The highest BCUT2D eigenvalue weighted by Gasteiger charge is 2.18. The maximum absolute atomic E-state index is 11.7. The Labute approximate surface area is 121 Å². The molecular weight excluding hydrogens is 270 g/mol. The number of fused-ring (bicyclic) bond motifs is 1. The number of aromatic nitrogens is 2. The molecule has 0 radical (unpaired) electrons. The first-order chi connectivity index (χ1) is 10.1. The molecule has 6 heteroatoms. The molecule has 0 amide bonds. The van der Waals surface area contributed by atoms with Crippen LogP contribution in [0, 0.1) is 0 Å². The minimum absolute atomic E-state index is 0.190. The lowest BCUT2D eigenvalue weighted by Gasteiger charge is -2.08. The van der Waals surface area contributed by atoms with Gasteiger partial charge in [-0.25, -0.2) is 9.97 Å². The summed E-state index contributed by atoms with van der Waals surface area (Å²) in [5, 5.41) is 0. The third-order valence-electron chi connectivity index (χ3n) is 3.14. The molecule has 2 aromatic rings. The highest BCUT2D eigenvalue weighted by atomic mass is 16.7. The van der Waals surface area contributed by atoms with Gasteiger partial charge in [-0.3, -0.25) is 4.79 Å². The Morgan fingerprint density at radius 2 is 2.10 bits per heavy atom. The standard InChI is InChI=1S/C15H13N3O3/c1-3-10-13(8(2)19)17-15(18-14(10)16)9-4-5-11-12(6-9)21-7-20-11/h3-6H,1,7H2,2H3,(H2,16,17,18). The number of ketones is 1. The lowest BCUT2D eigenvalue weighted by molar-refractivity contribution is 0.101. The van der Waals surface area contributed by atoms with E-state index < -0.39 is 0 Å². The molecule has 1 aliphatic rings. The molecule has 1 aromatic carbocycles. The number of hydrogen-bond donors (Lipinski definition) is 1. The van der Waals surface area contributed by atoms with Gasteiger partial charge in [0.2, 0.25) is 6.79 Å². The zero-order valence-corrected chi connectivity index (χ0v) is 11.4. The highest BCUT2D eigenvalue weighted by molar-refractivity contribution is 5.97. The molecule has 0 saturated heterocycles. The third kappa shape index (κ3) is 2.20. The number of benzene rings is 1. The van der Waals surface area contributed by atoms with Gasteiger partial charge < -0.3 is 15.2 Å². The number of Topliss-reactive ketones (excluding diaryl/α,β-unsaturated/α-hetero) is 1. The summed E-state index contributed by atoms with van der Waals surface area (Å²) in [6.45, 7) is 5.25. The number of rotatable bonds is 3. The predicted octanol–water partition coefficient (Wildman–Crippen LogP) is 2.30. The second-order valence-corrected chi connectivity index (χ2v) is 4.52. The van der Waals surface area contributed by atoms with Crippen LogP contribution in [0.25, 0.3) is 17.5 Å². The topological polar surface area (TPSA) is 87.3 Å². The molecule has 0 aliphatic carbocycles. The van der Waals surface area contributed by atoms with E-state index in [4.69, 9.17) is 15.2 Å². The monoisotopic (exact) mass is 283 g/mol. The lowest BCUT2D eigenvalue weighted by Crippen LogP contribution is -2.08. The Bertz CT molecular complexity index is 756. The number of carbonyl (C=O) groups is 1. The van der Waals surface area contributed by atoms with E-state index in [0.717, 1.165) is 0 Å². The van der Waals surface area contributed by atoms with E-state index in [1.54, 1.807) is 18.2 Å². The molecule has 106 valence electrons. The number of nitrogen functional groups attached to an aromatic ring is 1. The van der Waals surface area contributed by atoms with Crippen LogP contribution in [0.15, 0.2) is 24.8 Å². The van der Waals surface area contributed by atoms with Crippen molar-refractivity contribution in [2.45, 2.75) is 6.92 Å². The molecule has 0 spiro atoms. The van der Waals surface area contributed by atoms with E-state index in [0.29, 0.717) is 28.5 Å². The van der Waals surface area contributed by atoms with Gasteiger partial charge in [0, 0.05) is 18.1 Å². The zero-order chi connectivity index (χ0) is 15.0. The molecule has 0 bridgehead atoms. The van der Waals surface area contributed by atoms with Gasteiger partial charge in [-0.15, -0.1) is 0 Å². The van der Waals surface area contributed by atoms with Gasteiger partial charge in [0.25, 0.3) is 0 Å². The van der Waals surface area contributed by atoms with Crippen molar-refractivity contribution >= 4 is 17.7 Å². The summed E-state index contributed by atoms with van der Waals surface area (Å²) in [4.78, 5) is 20.2. The van der Waals surface area contributed by atoms with Crippen LogP contribution in [0.5, 0.6) is 11.5 Å². The van der Waals surface area contributed by atoms with Crippen LogP contribution in [-0.4, -0.2) is 22.5 Å². The van der Waals surface area contributed by atoms with Crippen molar-refractivity contribution < 1.29 is 14.3 Å². The number of nitrogens with zero attached hydrogens (tertiary/aromatic N) is 2. The van der Waals surface area contributed by atoms with Gasteiger partial charge in [0.05, 0.1) is 0 Å². The second-order valence-electron chi connectivity index (χ2n) is 4.52. The Kier molecular flexibility index (Phi) is 3.06. The minimum atomic E-state index is -0.194. The third-order valence-corrected chi connectivity index (χ3v) is 3.14. The predicted molar refractivity (Wildman–Crippen MR) is 78.1 cm³/mol. The van der Waals surface area contributed by atoms with Gasteiger partial charge in [-0.2, -0.15) is 0 Å². The van der Waals surface area contributed by atoms with E-state index in [2.05, 4.69) is 16.5 Å². The van der Waals surface area contributed by atoms with Crippen LogP contribution in [0.2, 0.25) is 0 Å². The van der Waals surface area contributed by atoms with Gasteiger partial charge in [-0.1, -0.05) is 12.7 Å². The Morgan fingerprint density at radius 1 is 1.33 bits per heavy atom. The molecular formula is C15H13N3O3. The van der Waals surface area contributed by atoms with Crippen LogP contribution in [0.4, 0.5) is 5.82 Å². The van der Waals surface area contributed by atoms with E-state index in [1.807, 2.05) is 0 Å². The van der Waals surface area contributed by atoms with Crippen molar-refractivity contribution in [3.05, 3.63) is 36.0 Å². The summed E-state index contributed by atoms with van der Waals surface area (Å²) < 4.78 is 10.6. The quantitative estimate of drug-likeness (QED) is 0.870. The van der Waals surface area contributed by atoms with Crippen LogP contribution in [0.3, 0.4) is 0 Å². The van der Waals surface area contributed by atoms with Crippen molar-refractivity contribution in [1.29, 1.82) is 0 Å². The SMILES string of the molecule is C=Cc1c(N)nc(-c2ccc3c(c2)OCO3)nc1C(C)=O. The summed E-state index contributed by atoms with van der Waals surface area (Å²) in [7, 11) is 0. The van der Waals surface area contributed by atoms with E-state index in [9.17, 15) is 4.79 Å². The summed E-state index contributed by atoms with van der Waals surface area (Å²) in [6, 6.07) is 5.32. The Balaban J connectivity index is 2.15. The minimum Gasteiger partial charge on any atom is -0.454 e. The fourth-order valence-corrected chi connectivity index (χ4v) is 2.12. The number of carbonyl (C=O) groups excluding carboxylic acids is 1. The number of hydrogen-bond acceptors (Lipinski definition) is 6. The van der Waals surface area contributed by atoms with Gasteiger partial charge in [0.15, 0.2) is 23.1 Å². The average molecular weight is 283 g/mol. The first-order valence-corrected chi connectivity index (χ1v) is 6.31. The molecule has 3 rings (SSSR count). The van der Waals surface area contributed by atoms with Crippen LogP contribution < -0.4 is 15.2 Å². The van der Waals surface area contributed by atoms with Gasteiger partial charge in [0.1, 0.15) is 11.5 Å². The molecule has 2 heterocycles. The highest BCUT2D eigenvalue weighted by Crippen LogP contribution is 2.35. The zero-order valence-electron chi connectivity index (χ0n) is 11.4. The fraction of sp³-hybridized carbons (Fsp3) is 0.133. The molecule has 0 saturated carbocycles. The number of ether oxygens (including phenoxy) is 2. The summed E-state index contributed by atoms with van der Waals surface area (Å²) in [5.74, 6) is 1.67. The maximum Gasteiger partial charge on any atom is 0.231 e. The largest absolute Gasteiger partial charge is 0.454 e. The number of anilines is 1. The first-order valence-electron chi connectivity index (χ1n) is 6.31. The molecule has 6 nitrogen and oxygen atoms in total. The Morgan fingerprint density at radius 3 is 2.81 bits per heavy atom. The smallest absolute Gasteiger partial charge is 0.231 e. The summed E-state index contributed by atoms with van der Waals surface area (Å²) in [6.07, 6.45) is 1.48. The van der Waals surface area contributed by atoms with E-state index in [-0.39, 0.29) is 24.1 Å². The molecule has 21 heavy (non-hydrogen) atoms. The van der Waals surface area contributed by atoms with Crippen molar-refractivity contribution in [3.8, 4) is 22.9 Å². The van der Waals surface area contributed by atoms with E-state index >= 15 is 0 Å². The van der Waals surface area contributed by atoms with Crippen LogP contribution >= 0.6 is 0 Å². The van der Waals surface area contributed by atoms with Crippen molar-refractivity contribution in [2.75, 3.05) is 12.5 Å². The normalized spacial score (nSPS) is 12.2. The summed E-state index contributed by atoms with van der Waals surface area (Å²) >= 11 is 0.